The Morgan fingerprint density at radius 3 is 2.44 bits per heavy atom. The molecule has 2 atom stereocenters. The third kappa shape index (κ3) is 4.33. The van der Waals surface area contributed by atoms with Crippen molar-refractivity contribution in [3.05, 3.63) is 47.6 Å². The van der Waals surface area contributed by atoms with Gasteiger partial charge in [0.05, 0.1) is 5.60 Å². The van der Waals surface area contributed by atoms with Crippen LogP contribution >= 0.6 is 0 Å². The van der Waals surface area contributed by atoms with E-state index in [4.69, 9.17) is 9.47 Å². The highest BCUT2D eigenvalue weighted by atomic mass is 16.6. The lowest BCUT2D eigenvalue weighted by atomic mass is 9.64. The number of fused-ring (bicyclic) bond motifs is 1. The SMILES string of the molecule is CC(=O)OC\C=C(C)/C=C/C=C(C)/C=C\[C@@]12O[C@@]1(C)CCCC2(C)C. The quantitative estimate of drug-likeness (QED) is 0.373. The monoisotopic (exact) mass is 344 g/mol. The van der Waals surface area contributed by atoms with Gasteiger partial charge in [-0.15, -0.1) is 0 Å². The van der Waals surface area contributed by atoms with Crippen LogP contribution in [0.25, 0.3) is 0 Å². The normalized spacial score (nSPS) is 32.1. The van der Waals surface area contributed by atoms with E-state index in [9.17, 15) is 4.79 Å². The number of carbonyl (C=O) groups is 1. The molecule has 0 spiro atoms. The largest absolute Gasteiger partial charge is 0.462 e. The van der Waals surface area contributed by atoms with Crippen molar-refractivity contribution in [2.45, 2.75) is 72.0 Å². The van der Waals surface area contributed by atoms with E-state index in [0.29, 0.717) is 6.61 Å². The van der Waals surface area contributed by atoms with E-state index in [2.05, 4.69) is 45.9 Å². The van der Waals surface area contributed by atoms with Crippen LogP contribution in [-0.2, 0) is 14.3 Å². The minimum atomic E-state index is -0.256. The Bertz CT molecular complexity index is 636. The molecule has 138 valence electrons. The maximum atomic E-state index is 10.7. The Labute approximate surface area is 152 Å². The van der Waals surface area contributed by atoms with Crippen molar-refractivity contribution in [3.63, 3.8) is 0 Å². The van der Waals surface area contributed by atoms with Gasteiger partial charge in [0.15, 0.2) is 0 Å². The van der Waals surface area contributed by atoms with E-state index >= 15 is 0 Å². The molecule has 0 bridgehead atoms. The first-order chi connectivity index (χ1) is 11.6. The van der Waals surface area contributed by atoms with Crippen molar-refractivity contribution in [1.82, 2.24) is 0 Å². The average molecular weight is 344 g/mol. The molecule has 1 aliphatic heterocycles. The van der Waals surface area contributed by atoms with Gasteiger partial charge in [0.1, 0.15) is 12.2 Å². The molecule has 0 aromatic heterocycles. The van der Waals surface area contributed by atoms with Crippen LogP contribution in [0.5, 0.6) is 0 Å². The highest BCUT2D eigenvalue weighted by molar-refractivity contribution is 5.66. The van der Waals surface area contributed by atoms with Gasteiger partial charge in [-0.1, -0.05) is 49.3 Å². The maximum Gasteiger partial charge on any atom is 0.302 e. The summed E-state index contributed by atoms with van der Waals surface area (Å²) in [6.07, 6.45) is 16.1. The lowest BCUT2D eigenvalue weighted by molar-refractivity contribution is -0.139. The van der Waals surface area contributed by atoms with Gasteiger partial charge in [-0.25, -0.2) is 0 Å². The molecule has 25 heavy (non-hydrogen) atoms. The van der Waals surface area contributed by atoms with Crippen LogP contribution < -0.4 is 0 Å². The predicted octanol–water partition coefficient (Wildman–Crippen LogP) is 5.29. The summed E-state index contributed by atoms with van der Waals surface area (Å²) in [4.78, 5) is 10.7. The lowest BCUT2D eigenvalue weighted by Crippen LogP contribution is -2.41. The molecule has 0 aromatic carbocycles. The van der Waals surface area contributed by atoms with Gasteiger partial charge >= 0.3 is 5.97 Å². The van der Waals surface area contributed by atoms with Gasteiger partial charge in [-0.2, -0.15) is 0 Å². The molecule has 3 heteroatoms. The van der Waals surface area contributed by atoms with Crippen molar-refractivity contribution < 1.29 is 14.3 Å². The highest BCUT2D eigenvalue weighted by Crippen LogP contribution is 2.66. The molecule has 0 radical (unpaired) electrons. The zero-order valence-electron chi connectivity index (χ0n) is 16.5. The van der Waals surface area contributed by atoms with Gasteiger partial charge in [0, 0.05) is 12.3 Å². The van der Waals surface area contributed by atoms with E-state index in [1.807, 2.05) is 25.2 Å². The number of hydrogen-bond donors (Lipinski definition) is 0. The summed E-state index contributed by atoms with van der Waals surface area (Å²) < 4.78 is 11.1. The summed E-state index contributed by atoms with van der Waals surface area (Å²) in [6, 6.07) is 0. The molecule has 1 aliphatic carbocycles. The Morgan fingerprint density at radius 2 is 1.80 bits per heavy atom. The highest BCUT2D eigenvalue weighted by Gasteiger charge is 2.73. The second-order valence-corrected chi connectivity index (χ2v) is 8.16. The van der Waals surface area contributed by atoms with Crippen LogP contribution in [0.15, 0.2) is 47.6 Å². The number of esters is 1. The molecule has 1 heterocycles. The smallest absolute Gasteiger partial charge is 0.302 e. The molecule has 0 aromatic rings. The van der Waals surface area contributed by atoms with Crippen LogP contribution in [0.4, 0.5) is 0 Å². The topological polar surface area (TPSA) is 38.8 Å². The molecule has 2 rings (SSSR count). The average Bonchev–Trinajstić information content (AvgIpc) is 3.12. The Kier molecular flexibility index (Phi) is 5.78. The van der Waals surface area contributed by atoms with E-state index in [-0.39, 0.29) is 22.6 Å². The van der Waals surface area contributed by atoms with Crippen LogP contribution in [0.2, 0.25) is 0 Å². The number of rotatable bonds is 6. The second kappa shape index (κ2) is 7.33. The summed E-state index contributed by atoms with van der Waals surface area (Å²) in [5.41, 5.74) is 2.34. The number of epoxide rings is 1. The fourth-order valence-corrected chi connectivity index (χ4v) is 3.92. The third-order valence-corrected chi connectivity index (χ3v) is 5.58. The second-order valence-electron chi connectivity index (χ2n) is 8.16. The summed E-state index contributed by atoms with van der Waals surface area (Å²) >= 11 is 0. The summed E-state index contributed by atoms with van der Waals surface area (Å²) in [5.74, 6) is -0.256. The molecule has 3 nitrogen and oxygen atoms in total. The molecule has 2 aliphatic rings. The van der Waals surface area contributed by atoms with Crippen LogP contribution in [0, 0.1) is 5.41 Å². The van der Waals surface area contributed by atoms with Crippen LogP contribution in [0.1, 0.15) is 60.8 Å². The number of allylic oxidation sites excluding steroid dienone is 6. The van der Waals surface area contributed by atoms with Crippen molar-refractivity contribution in [1.29, 1.82) is 0 Å². The molecule has 1 saturated heterocycles. The third-order valence-electron chi connectivity index (χ3n) is 5.58. The van der Waals surface area contributed by atoms with Crippen LogP contribution in [0.3, 0.4) is 0 Å². The maximum absolute atomic E-state index is 10.7. The van der Waals surface area contributed by atoms with E-state index in [1.165, 1.54) is 25.3 Å². The van der Waals surface area contributed by atoms with E-state index in [0.717, 1.165) is 12.0 Å². The Morgan fingerprint density at radius 1 is 1.08 bits per heavy atom. The standard InChI is InChI=1S/C22H32O3/c1-17(9-7-10-18(2)12-16-24-19(3)23)11-15-22-20(4,5)13-8-14-21(22,6)25-22/h7,9-12,15H,8,13-14,16H2,1-6H3/b10-7+,15-11-,17-9+,18-12-/t21-,22-/m0/s1. The lowest BCUT2D eigenvalue weighted by Gasteiger charge is -2.36. The van der Waals surface area contributed by atoms with Crippen molar-refractivity contribution in [3.8, 4) is 0 Å². The fraction of sp³-hybridized carbons (Fsp3) is 0.591. The molecular weight excluding hydrogens is 312 g/mol. The first-order valence-corrected chi connectivity index (χ1v) is 9.16. The summed E-state index contributed by atoms with van der Waals surface area (Å²) in [6.45, 7) is 12.7. The molecule has 0 N–H and O–H groups in total. The van der Waals surface area contributed by atoms with E-state index < -0.39 is 0 Å². The molecular formula is C22H32O3. The first kappa shape index (κ1) is 19.7. The van der Waals surface area contributed by atoms with E-state index in [1.54, 1.807) is 0 Å². The van der Waals surface area contributed by atoms with Gasteiger partial charge in [-0.3, -0.25) is 4.79 Å². The van der Waals surface area contributed by atoms with Crippen molar-refractivity contribution in [2.24, 2.45) is 5.41 Å². The first-order valence-electron chi connectivity index (χ1n) is 9.16. The fourth-order valence-electron chi connectivity index (χ4n) is 3.92. The molecule has 0 amide bonds. The predicted molar refractivity (Wildman–Crippen MR) is 102 cm³/mol. The number of hydrogen-bond acceptors (Lipinski definition) is 3. The molecule has 2 fully saturated rings. The number of ether oxygens (including phenoxy) is 2. The Balaban J connectivity index is 1.96. The van der Waals surface area contributed by atoms with Gasteiger partial charge in [0.25, 0.3) is 0 Å². The zero-order chi connectivity index (χ0) is 18.7. The van der Waals surface area contributed by atoms with Gasteiger partial charge in [0.2, 0.25) is 0 Å². The van der Waals surface area contributed by atoms with Crippen molar-refractivity contribution >= 4 is 5.97 Å². The summed E-state index contributed by atoms with van der Waals surface area (Å²) in [5, 5.41) is 0. The van der Waals surface area contributed by atoms with Gasteiger partial charge < -0.3 is 9.47 Å². The van der Waals surface area contributed by atoms with Crippen molar-refractivity contribution in [2.75, 3.05) is 6.61 Å². The molecule has 0 unspecified atom stereocenters. The zero-order valence-corrected chi connectivity index (χ0v) is 16.5. The Hall–Kier alpha value is -1.61. The minimum Gasteiger partial charge on any atom is -0.462 e. The number of carbonyl (C=O) groups excluding carboxylic acids is 1. The summed E-state index contributed by atoms with van der Waals surface area (Å²) in [7, 11) is 0. The van der Waals surface area contributed by atoms with Crippen LogP contribution in [-0.4, -0.2) is 23.8 Å². The van der Waals surface area contributed by atoms with Gasteiger partial charge in [-0.05, 0) is 52.2 Å². The molecule has 1 saturated carbocycles. The minimum absolute atomic E-state index is 0.0113.